The average molecular weight is 158 g/mol. The Labute approximate surface area is 73.9 Å². The zero-order chi connectivity index (χ0) is 8.23. The summed E-state index contributed by atoms with van der Waals surface area (Å²) >= 11 is 0. The molecule has 0 atom stereocenters. The maximum Gasteiger partial charge on any atom is -0.0244 e. The van der Waals surface area contributed by atoms with E-state index >= 15 is 0 Å². The maximum absolute atomic E-state index is 2.34. The second kappa shape index (κ2) is 3.57. The van der Waals surface area contributed by atoms with E-state index in [-0.39, 0.29) is 0 Å². The maximum atomic E-state index is 2.34. The van der Waals surface area contributed by atoms with Gasteiger partial charge in [-0.3, -0.25) is 0 Å². The minimum absolute atomic E-state index is 1.20. The van der Waals surface area contributed by atoms with Crippen molar-refractivity contribution in [2.75, 3.05) is 0 Å². The Bertz CT molecular complexity index is 259. The molecule has 0 spiro atoms. The smallest absolute Gasteiger partial charge is 0.0244 e. The average Bonchev–Trinajstić information content (AvgIpc) is 2.17. The monoisotopic (exact) mass is 158 g/mol. The lowest BCUT2D eigenvalue weighted by atomic mass is 10.1. The number of benzene rings is 1. The largest absolute Gasteiger partial charge is 0.0882 e. The van der Waals surface area contributed by atoms with Gasteiger partial charge in [0.15, 0.2) is 0 Å². The van der Waals surface area contributed by atoms with Gasteiger partial charge in [0, 0.05) is 0 Å². The molecule has 0 aromatic heterocycles. The molecule has 0 unspecified atom stereocenters. The van der Waals surface area contributed by atoms with Crippen LogP contribution in [0.3, 0.4) is 0 Å². The Kier molecular flexibility index (Phi) is 2.26. The highest BCUT2D eigenvalue weighted by molar-refractivity contribution is 5.24. The molecule has 1 aromatic carbocycles. The van der Waals surface area contributed by atoms with Crippen molar-refractivity contribution in [1.29, 1.82) is 0 Å². The van der Waals surface area contributed by atoms with Crippen LogP contribution >= 0.6 is 0 Å². The van der Waals surface area contributed by atoms with Crippen molar-refractivity contribution >= 4 is 0 Å². The molecule has 0 radical (unpaired) electrons. The Morgan fingerprint density at radius 1 is 0.833 bits per heavy atom. The first-order chi connectivity index (χ1) is 5.95. The van der Waals surface area contributed by atoms with Crippen LogP contribution < -0.4 is 0 Å². The van der Waals surface area contributed by atoms with Crippen molar-refractivity contribution in [2.24, 2.45) is 0 Å². The van der Waals surface area contributed by atoms with Gasteiger partial charge >= 0.3 is 0 Å². The van der Waals surface area contributed by atoms with Crippen molar-refractivity contribution in [3.63, 3.8) is 0 Å². The third kappa shape index (κ3) is 1.76. The summed E-state index contributed by atoms with van der Waals surface area (Å²) in [7, 11) is 0. The van der Waals surface area contributed by atoms with Gasteiger partial charge in [0.05, 0.1) is 0 Å². The third-order valence-corrected chi connectivity index (χ3v) is 2.36. The molecule has 0 amide bonds. The number of hydrogen-bond acceptors (Lipinski definition) is 0. The first kappa shape index (κ1) is 7.60. The van der Waals surface area contributed by atoms with Crippen LogP contribution in [0.1, 0.15) is 24.0 Å². The molecule has 0 fully saturated rings. The Hall–Kier alpha value is -1.04. The fourth-order valence-corrected chi connectivity index (χ4v) is 1.68. The van der Waals surface area contributed by atoms with Crippen molar-refractivity contribution in [2.45, 2.75) is 25.7 Å². The molecule has 1 aromatic rings. The van der Waals surface area contributed by atoms with E-state index in [1.165, 1.54) is 36.8 Å². The number of allylic oxidation sites excluding steroid dienone is 2. The van der Waals surface area contributed by atoms with Crippen molar-refractivity contribution in [1.82, 2.24) is 0 Å². The van der Waals surface area contributed by atoms with Gasteiger partial charge in [-0.05, 0) is 36.8 Å². The molecule has 1 aliphatic rings. The first-order valence-electron chi connectivity index (χ1n) is 4.68. The molecule has 62 valence electrons. The molecule has 0 aliphatic heterocycles. The molecular weight excluding hydrogens is 144 g/mol. The van der Waals surface area contributed by atoms with Crippen molar-refractivity contribution in [3.8, 4) is 0 Å². The SMILES string of the molecule is C1=C/CCc2cccc(c2)CC/1. The molecule has 0 saturated carbocycles. The zero-order valence-electron chi connectivity index (χ0n) is 7.29. The molecule has 1 aliphatic carbocycles. The van der Waals surface area contributed by atoms with Crippen molar-refractivity contribution < 1.29 is 0 Å². The predicted octanol–water partition coefficient (Wildman–Crippen LogP) is 3.12. The van der Waals surface area contributed by atoms with Crippen LogP contribution in [0.15, 0.2) is 36.4 Å². The predicted molar refractivity (Wildman–Crippen MR) is 52.2 cm³/mol. The molecule has 2 bridgehead atoms. The zero-order valence-corrected chi connectivity index (χ0v) is 7.29. The molecule has 0 N–H and O–H groups in total. The molecule has 0 nitrogen and oxygen atoms in total. The second-order valence-corrected chi connectivity index (χ2v) is 3.37. The van der Waals surface area contributed by atoms with Gasteiger partial charge in [-0.15, -0.1) is 0 Å². The summed E-state index contributed by atoms with van der Waals surface area (Å²) in [6.07, 6.45) is 9.40. The van der Waals surface area contributed by atoms with Crippen LogP contribution in [0.25, 0.3) is 0 Å². The highest BCUT2D eigenvalue weighted by Crippen LogP contribution is 2.12. The first-order valence-corrected chi connectivity index (χ1v) is 4.68. The molecule has 0 saturated heterocycles. The summed E-state index contributed by atoms with van der Waals surface area (Å²) < 4.78 is 0. The quantitative estimate of drug-likeness (QED) is 0.509. The van der Waals surface area contributed by atoms with Gasteiger partial charge in [-0.25, -0.2) is 0 Å². The fraction of sp³-hybridized carbons (Fsp3) is 0.333. The number of aryl methyl sites for hydroxylation is 2. The van der Waals surface area contributed by atoms with E-state index in [1.54, 1.807) is 0 Å². The Balaban J connectivity index is 2.28. The molecule has 2 rings (SSSR count). The minimum atomic E-state index is 1.20. The summed E-state index contributed by atoms with van der Waals surface area (Å²) in [5, 5.41) is 0. The normalized spacial score (nSPS) is 19.0. The van der Waals surface area contributed by atoms with Crippen LogP contribution in [0.4, 0.5) is 0 Å². The van der Waals surface area contributed by atoms with Gasteiger partial charge in [0.2, 0.25) is 0 Å². The lowest BCUT2D eigenvalue weighted by Gasteiger charge is -2.00. The van der Waals surface area contributed by atoms with Gasteiger partial charge in [-0.1, -0.05) is 36.4 Å². The highest BCUT2D eigenvalue weighted by atomic mass is 14.0. The Morgan fingerprint density at radius 3 is 2.00 bits per heavy atom. The topological polar surface area (TPSA) is 0 Å². The summed E-state index contributed by atoms with van der Waals surface area (Å²) in [5.41, 5.74) is 2.97. The van der Waals surface area contributed by atoms with Gasteiger partial charge in [0.1, 0.15) is 0 Å². The van der Waals surface area contributed by atoms with Gasteiger partial charge in [0.25, 0.3) is 0 Å². The number of fused-ring (bicyclic) bond motifs is 2. The second-order valence-electron chi connectivity index (χ2n) is 3.37. The highest BCUT2D eigenvalue weighted by Gasteiger charge is 1.97. The van der Waals surface area contributed by atoms with E-state index < -0.39 is 0 Å². The van der Waals surface area contributed by atoms with Crippen LogP contribution in [-0.4, -0.2) is 0 Å². The summed E-state index contributed by atoms with van der Waals surface area (Å²) in [5.74, 6) is 0. The molecular formula is C12H14. The van der Waals surface area contributed by atoms with Crippen LogP contribution in [0, 0.1) is 0 Å². The van der Waals surface area contributed by atoms with E-state index in [2.05, 4.69) is 36.4 Å². The molecule has 0 heteroatoms. The van der Waals surface area contributed by atoms with Crippen LogP contribution in [-0.2, 0) is 12.8 Å². The summed E-state index contributed by atoms with van der Waals surface area (Å²) in [6, 6.07) is 8.97. The van der Waals surface area contributed by atoms with E-state index in [4.69, 9.17) is 0 Å². The molecule has 0 heterocycles. The van der Waals surface area contributed by atoms with Crippen LogP contribution in [0.2, 0.25) is 0 Å². The lowest BCUT2D eigenvalue weighted by molar-refractivity contribution is 0.995. The van der Waals surface area contributed by atoms with E-state index in [0.29, 0.717) is 0 Å². The summed E-state index contributed by atoms with van der Waals surface area (Å²) in [4.78, 5) is 0. The van der Waals surface area contributed by atoms with Crippen molar-refractivity contribution in [3.05, 3.63) is 47.5 Å². The minimum Gasteiger partial charge on any atom is -0.0882 e. The van der Waals surface area contributed by atoms with Gasteiger partial charge < -0.3 is 0 Å². The lowest BCUT2D eigenvalue weighted by Crippen LogP contribution is -1.86. The van der Waals surface area contributed by atoms with E-state index in [1.807, 2.05) is 0 Å². The third-order valence-electron chi connectivity index (χ3n) is 2.36. The number of hydrogen-bond donors (Lipinski definition) is 0. The fourth-order valence-electron chi connectivity index (χ4n) is 1.68. The number of rotatable bonds is 0. The van der Waals surface area contributed by atoms with Crippen LogP contribution in [0.5, 0.6) is 0 Å². The Morgan fingerprint density at radius 2 is 1.42 bits per heavy atom. The standard InChI is InChI=1S/C12H14/c1-2-4-7-12-9-5-8-11(10-12)6-3-1/h1-2,5,8-10H,3-4,6-7H2/b2-1+. The van der Waals surface area contributed by atoms with E-state index in [9.17, 15) is 0 Å². The van der Waals surface area contributed by atoms with E-state index in [0.717, 1.165) is 0 Å². The van der Waals surface area contributed by atoms with Gasteiger partial charge in [-0.2, -0.15) is 0 Å². The molecule has 12 heavy (non-hydrogen) atoms. The summed E-state index contributed by atoms with van der Waals surface area (Å²) in [6.45, 7) is 0.